The molecular weight excluding hydrogens is 442 g/mol. The summed E-state index contributed by atoms with van der Waals surface area (Å²) in [4.78, 5) is 5.66. The molecule has 4 aromatic rings. The van der Waals surface area contributed by atoms with Crippen LogP contribution in [0, 0.1) is 5.82 Å². The normalized spacial score (nSPS) is 19.1. The van der Waals surface area contributed by atoms with Gasteiger partial charge in [0.05, 0.1) is 30.3 Å². The number of rotatable bonds is 6. The molecule has 1 saturated heterocycles. The number of nitrogens with zero attached hydrogens (tertiary/aromatic N) is 6. The van der Waals surface area contributed by atoms with Crippen LogP contribution in [-0.2, 0) is 0 Å². The van der Waals surface area contributed by atoms with E-state index in [2.05, 4.69) is 25.6 Å². The van der Waals surface area contributed by atoms with Gasteiger partial charge in [-0.25, -0.2) is 13.8 Å². The molecule has 0 aliphatic carbocycles. The fraction of sp³-hybridized carbons (Fsp3) is 0.304. The Hall–Kier alpha value is -3.86. The highest BCUT2D eigenvalue weighted by atomic mass is 19.1. The lowest BCUT2D eigenvalue weighted by atomic mass is 10.1. The number of nitrogens with one attached hydrogen (secondary N) is 1. The second kappa shape index (κ2) is 9.18. The summed E-state index contributed by atoms with van der Waals surface area (Å²) >= 11 is 0. The zero-order chi connectivity index (χ0) is 23.7. The van der Waals surface area contributed by atoms with Crippen LogP contribution in [0.2, 0.25) is 0 Å². The number of anilines is 1. The second-order valence-electron chi connectivity index (χ2n) is 8.17. The van der Waals surface area contributed by atoms with Gasteiger partial charge in [0.1, 0.15) is 18.1 Å². The van der Waals surface area contributed by atoms with Crippen LogP contribution in [0.1, 0.15) is 31.1 Å². The van der Waals surface area contributed by atoms with Crippen LogP contribution < -0.4 is 15.8 Å². The standard InChI is InChI=1S/C23H24F2N8O/c1-14(18-9-17(24)2-3-20(18)33-29-6-7-30-33)34-22-8-15(10-28-23(22)26)16-11-31-32(13-16)21-4-5-27-12-19(21)25/h2-3,6-11,13-14,19,21,27H,4-5,12H2,1H3,(H2,26,28)/t14-,19?,21?/m1/s1. The molecule has 1 aliphatic rings. The van der Waals surface area contributed by atoms with Gasteiger partial charge in [0.15, 0.2) is 11.6 Å². The Balaban J connectivity index is 1.41. The molecule has 3 atom stereocenters. The minimum absolute atomic E-state index is 0.195. The van der Waals surface area contributed by atoms with E-state index in [9.17, 15) is 8.78 Å². The molecule has 0 saturated carbocycles. The third-order valence-corrected chi connectivity index (χ3v) is 5.90. The van der Waals surface area contributed by atoms with Crippen molar-refractivity contribution in [1.29, 1.82) is 0 Å². The van der Waals surface area contributed by atoms with Gasteiger partial charge in [0, 0.05) is 35.6 Å². The van der Waals surface area contributed by atoms with Crippen molar-refractivity contribution in [2.45, 2.75) is 31.7 Å². The molecular formula is C23H24F2N8O. The van der Waals surface area contributed by atoms with Crippen molar-refractivity contribution in [3.8, 4) is 22.6 Å². The van der Waals surface area contributed by atoms with Crippen LogP contribution in [0.4, 0.5) is 14.6 Å². The summed E-state index contributed by atoms with van der Waals surface area (Å²) in [6, 6.07) is 5.76. The Morgan fingerprint density at radius 2 is 1.97 bits per heavy atom. The minimum atomic E-state index is -1.00. The van der Waals surface area contributed by atoms with Crippen LogP contribution in [0.25, 0.3) is 16.8 Å². The number of aromatic nitrogens is 6. The SMILES string of the molecule is C[C@@H](Oc1cc(-c2cnn(C3CCNCC3F)c2)cnc1N)c1cc(F)ccc1-n1nccn1. The Kier molecular flexibility index (Phi) is 5.93. The third kappa shape index (κ3) is 4.34. The van der Waals surface area contributed by atoms with Crippen LogP contribution in [0.5, 0.6) is 5.75 Å². The molecule has 1 aromatic carbocycles. The van der Waals surface area contributed by atoms with Gasteiger partial charge < -0.3 is 15.8 Å². The van der Waals surface area contributed by atoms with E-state index in [1.54, 1.807) is 54.7 Å². The summed E-state index contributed by atoms with van der Waals surface area (Å²) in [6.45, 7) is 2.84. The Labute approximate surface area is 194 Å². The van der Waals surface area contributed by atoms with Crippen molar-refractivity contribution < 1.29 is 13.5 Å². The van der Waals surface area contributed by atoms with Crippen molar-refractivity contribution in [3.05, 3.63) is 66.6 Å². The van der Waals surface area contributed by atoms with E-state index in [1.165, 1.54) is 16.9 Å². The largest absolute Gasteiger partial charge is 0.482 e. The number of nitrogens with two attached hydrogens (primary N) is 1. The Morgan fingerprint density at radius 1 is 1.15 bits per heavy atom. The third-order valence-electron chi connectivity index (χ3n) is 5.90. The predicted molar refractivity (Wildman–Crippen MR) is 122 cm³/mol. The lowest BCUT2D eigenvalue weighted by Gasteiger charge is -2.26. The summed E-state index contributed by atoms with van der Waals surface area (Å²) in [5.74, 6) is 0.129. The van der Waals surface area contributed by atoms with Crippen molar-refractivity contribution in [2.75, 3.05) is 18.8 Å². The lowest BCUT2D eigenvalue weighted by Crippen LogP contribution is -2.39. The fourth-order valence-corrected chi connectivity index (χ4v) is 4.11. The molecule has 1 fully saturated rings. The highest BCUT2D eigenvalue weighted by Gasteiger charge is 2.27. The number of hydrogen-bond acceptors (Lipinski definition) is 7. The fourth-order valence-electron chi connectivity index (χ4n) is 4.11. The van der Waals surface area contributed by atoms with Gasteiger partial charge in [-0.3, -0.25) is 4.68 Å². The molecule has 0 amide bonds. The maximum atomic E-state index is 14.3. The van der Waals surface area contributed by atoms with Gasteiger partial charge in [-0.2, -0.15) is 20.1 Å². The van der Waals surface area contributed by atoms with Crippen LogP contribution in [-0.4, -0.2) is 49.0 Å². The first-order valence-corrected chi connectivity index (χ1v) is 11.0. The van der Waals surface area contributed by atoms with Crippen molar-refractivity contribution in [1.82, 2.24) is 35.1 Å². The number of ether oxygens (including phenoxy) is 1. The van der Waals surface area contributed by atoms with Crippen LogP contribution in [0.15, 0.2) is 55.2 Å². The average Bonchev–Trinajstić information content (AvgIpc) is 3.53. The lowest BCUT2D eigenvalue weighted by molar-refractivity contribution is 0.173. The Morgan fingerprint density at radius 3 is 2.76 bits per heavy atom. The van der Waals surface area contributed by atoms with Crippen molar-refractivity contribution >= 4 is 5.82 Å². The van der Waals surface area contributed by atoms with E-state index in [4.69, 9.17) is 10.5 Å². The smallest absolute Gasteiger partial charge is 0.166 e. The van der Waals surface area contributed by atoms with Crippen LogP contribution >= 0.6 is 0 Å². The maximum Gasteiger partial charge on any atom is 0.166 e. The van der Waals surface area contributed by atoms with Crippen LogP contribution in [0.3, 0.4) is 0 Å². The average molecular weight is 466 g/mol. The first-order valence-electron chi connectivity index (χ1n) is 11.0. The number of piperidine rings is 1. The van der Waals surface area contributed by atoms with Crippen molar-refractivity contribution in [3.63, 3.8) is 0 Å². The van der Waals surface area contributed by atoms with Gasteiger partial charge in [-0.05, 0) is 44.2 Å². The second-order valence-corrected chi connectivity index (χ2v) is 8.17. The molecule has 0 radical (unpaired) electrons. The molecule has 0 bridgehead atoms. The minimum Gasteiger partial charge on any atom is -0.482 e. The van der Waals surface area contributed by atoms with E-state index < -0.39 is 18.1 Å². The monoisotopic (exact) mass is 466 g/mol. The van der Waals surface area contributed by atoms with E-state index in [-0.39, 0.29) is 11.9 Å². The van der Waals surface area contributed by atoms with Gasteiger partial charge in [0.25, 0.3) is 0 Å². The summed E-state index contributed by atoms with van der Waals surface area (Å²) in [5, 5.41) is 15.7. The van der Waals surface area contributed by atoms with E-state index >= 15 is 0 Å². The number of benzene rings is 1. The van der Waals surface area contributed by atoms with Gasteiger partial charge in [-0.1, -0.05) is 0 Å². The highest BCUT2D eigenvalue weighted by Crippen LogP contribution is 2.33. The number of pyridine rings is 1. The quantitative estimate of drug-likeness (QED) is 0.449. The van der Waals surface area contributed by atoms with Gasteiger partial charge in [-0.15, -0.1) is 0 Å². The van der Waals surface area contributed by atoms with E-state index in [1.807, 2.05) is 0 Å². The molecule has 9 nitrogen and oxygen atoms in total. The first-order chi connectivity index (χ1) is 16.5. The zero-order valence-corrected chi connectivity index (χ0v) is 18.5. The number of nitrogen functional groups attached to an aromatic ring is 1. The molecule has 2 unspecified atom stereocenters. The molecule has 5 rings (SSSR count). The molecule has 1 aliphatic heterocycles. The molecule has 34 heavy (non-hydrogen) atoms. The molecule has 0 spiro atoms. The molecule has 3 aromatic heterocycles. The van der Waals surface area contributed by atoms with Crippen molar-refractivity contribution in [2.24, 2.45) is 0 Å². The van der Waals surface area contributed by atoms with E-state index in [0.717, 1.165) is 17.7 Å². The predicted octanol–water partition coefficient (Wildman–Crippen LogP) is 3.26. The first kappa shape index (κ1) is 22.0. The number of alkyl halides is 1. The molecule has 3 N–H and O–H groups in total. The van der Waals surface area contributed by atoms with Gasteiger partial charge >= 0.3 is 0 Å². The number of hydrogen-bond donors (Lipinski definition) is 2. The molecule has 176 valence electrons. The summed E-state index contributed by atoms with van der Waals surface area (Å²) in [6.07, 6.45) is 7.25. The zero-order valence-electron chi connectivity index (χ0n) is 18.5. The summed E-state index contributed by atoms with van der Waals surface area (Å²) < 4.78 is 36.1. The molecule has 4 heterocycles. The maximum absolute atomic E-state index is 14.3. The topological polar surface area (TPSA) is 109 Å². The van der Waals surface area contributed by atoms with E-state index in [0.29, 0.717) is 30.0 Å². The molecule has 11 heteroatoms. The summed E-state index contributed by atoms with van der Waals surface area (Å²) in [5.41, 5.74) is 8.71. The van der Waals surface area contributed by atoms with Gasteiger partial charge in [0.2, 0.25) is 0 Å². The highest BCUT2D eigenvalue weighted by molar-refractivity contribution is 5.66. The summed E-state index contributed by atoms with van der Waals surface area (Å²) in [7, 11) is 0. The number of halogens is 2. The Bertz CT molecular complexity index is 1280.